The van der Waals surface area contributed by atoms with Crippen LogP contribution in [-0.4, -0.2) is 57.1 Å². The lowest BCUT2D eigenvalue weighted by Crippen LogP contribution is -2.52. The number of carbonyl (C=O) groups is 2. The monoisotopic (exact) mass is 547 g/mol. The number of halogens is 3. The molecule has 2 amide bonds. The fourth-order valence-corrected chi connectivity index (χ4v) is 4.81. The maximum atomic E-state index is 13.4. The predicted molar refractivity (Wildman–Crippen MR) is 138 cm³/mol. The first kappa shape index (κ1) is 28.2. The van der Waals surface area contributed by atoms with Gasteiger partial charge in [0.2, 0.25) is 21.8 Å². The zero-order chi connectivity index (χ0) is 25.5. The second-order valence-corrected chi connectivity index (χ2v) is 10.9. The lowest BCUT2D eigenvalue weighted by atomic mass is 10.1. The van der Waals surface area contributed by atoms with Crippen LogP contribution in [-0.2, 0) is 26.0 Å². The largest absolute Gasteiger partial charge is 0.354 e. The van der Waals surface area contributed by atoms with Crippen molar-refractivity contribution in [2.75, 3.05) is 30.2 Å². The third kappa shape index (κ3) is 7.77. The Morgan fingerprint density at radius 2 is 1.65 bits per heavy atom. The molecule has 2 aromatic rings. The maximum Gasteiger partial charge on any atom is 0.244 e. The summed E-state index contributed by atoms with van der Waals surface area (Å²) in [5.74, 6) is -0.871. The summed E-state index contributed by atoms with van der Waals surface area (Å²) >= 11 is 18.3. The van der Waals surface area contributed by atoms with Crippen molar-refractivity contribution in [3.63, 3.8) is 0 Å². The van der Waals surface area contributed by atoms with Gasteiger partial charge in [0.05, 0.1) is 27.0 Å². The molecule has 0 saturated heterocycles. The van der Waals surface area contributed by atoms with E-state index in [9.17, 15) is 18.0 Å². The van der Waals surface area contributed by atoms with Crippen molar-refractivity contribution in [3.05, 3.63) is 63.1 Å². The lowest BCUT2D eigenvalue weighted by Gasteiger charge is -2.31. The number of hydrogen-bond acceptors (Lipinski definition) is 4. The molecule has 34 heavy (non-hydrogen) atoms. The van der Waals surface area contributed by atoms with Gasteiger partial charge in [0, 0.05) is 13.1 Å². The Morgan fingerprint density at radius 3 is 2.24 bits per heavy atom. The van der Waals surface area contributed by atoms with Crippen molar-refractivity contribution in [3.8, 4) is 0 Å². The van der Waals surface area contributed by atoms with Crippen LogP contribution >= 0.6 is 34.8 Å². The van der Waals surface area contributed by atoms with Gasteiger partial charge in [0.1, 0.15) is 12.6 Å². The summed E-state index contributed by atoms with van der Waals surface area (Å²) in [4.78, 5) is 27.5. The van der Waals surface area contributed by atoms with Crippen LogP contribution < -0.4 is 9.62 Å². The molecular weight excluding hydrogens is 521 g/mol. The van der Waals surface area contributed by atoms with Gasteiger partial charge in [-0.2, -0.15) is 0 Å². The minimum absolute atomic E-state index is 0.0252. The minimum atomic E-state index is -3.93. The molecule has 11 heteroatoms. The average Bonchev–Trinajstić information content (AvgIpc) is 2.78. The number of rotatable bonds is 11. The lowest BCUT2D eigenvalue weighted by molar-refractivity contribution is -0.138. The number of sulfonamides is 1. The minimum Gasteiger partial charge on any atom is -0.354 e. The van der Waals surface area contributed by atoms with Gasteiger partial charge in [-0.05, 0) is 37.5 Å². The van der Waals surface area contributed by atoms with Gasteiger partial charge in [0.25, 0.3) is 0 Å². The Bertz CT molecular complexity index is 1110. The predicted octanol–water partition coefficient (Wildman–Crippen LogP) is 4.40. The highest BCUT2D eigenvalue weighted by molar-refractivity contribution is 7.92. The summed E-state index contributed by atoms with van der Waals surface area (Å²) in [5.41, 5.74) is 1.01. The van der Waals surface area contributed by atoms with E-state index in [1.807, 2.05) is 37.3 Å². The molecule has 0 heterocycles. The van der Waals surface area contributed by atoms with E-state index in [0.29, 0.717) is 13.0 Å². The van der Waals surface area contributed by atoms with Gasteiger partial charge in [-0.25, -0.2) is 8.42 Å². The van der Waals surface area contributed by atoms with Crippen molar-refractivity contribution >= 4 is 62.3 Å². The summed E-state index contributed by atoms with van der Waals surface area (Å²) in [6, 6.07) is 11.3. The standard InChI is InChI=1S/C23H28Cl3N3O4S/c1-4-11-27-23(31)16(2)28(12-10-17-8-6-5-7-9-17)22(30)15-29(34(3,32)33)21-14-19(25)18(24)13-20(21)26/h5-9,13-14,16H,4,10-12,15H2,1-3H3,(H,27,31). The zero-order valence-corrected chi connectivity index (χ0v) is 22.3. The van der Waals surface area contributed by atoms with Gasteiger partial charge < -0.3 is 10.2 Å². The molecule has 186 valence electrons. The first-order valence-corrected chi connectivity index (χ1v) is 13.7. The Morgan fingerprint density at radius 1 is 1.03 bits per heavy atom. The Hall–Kier alpha value is -2.00. The molecule has 1 unspecified atom stereocenters. The molecule has 0 saturated carbocycles. The molecule has 7 nitrogen and oxygen atoms in total. The molecule has 0 aromatic heterocycles. The first-order valence-electron chi connectivity index (χ1n) is 10.7. The topological polar surface area (TPSA) is 86.8 Å². The van der Waals surface area contributed by atoms with Gasteiger partial charge in [-0.3, -0.25) is 13.9 Å². The highest BCUT2D eigenvalue weighted by Crippen LogP contribution is 2.35. The number of benzene rings is 2. The smallest absolute Gasteiger partial charge is 0.244 e. The van der Waals surface area contributed by atoms with E-state index in [1.54, 1.807) is 6.92 Å². The molecule has 0 fully saturated rings. The van der Waals surface area contributed by atoms with Crippen LogP contribution in [0.1, 0.15) is 25.8 Å². The van der Waals surface area contributed by atoms with Gasteiger partial charge in [-0.15, -0.1) is 0 Å². The van der Waals surface area contributed by atoms with E-state index >= 15 is 0 Å². The summed E-state index contributed by atoms with van der Waals surface area (Å²) < 4.78 is 26.1. The SMILES string of the molecule is CCCNC(=O)C(C)N(CCc1ccccc1)C(=O)CN(c1cc(Cl)c(Cl)cc1Cl)S(C)(=O)=O. The summed E-state index contributed by atoms with van der Waals surface area (Å²) in [6.45, 7) is 3.67. The quantitative estimate of drug-likeness (QED) is 0.422. The van der Waals surface area contributed by atoms with Crippen LogP contribution in [0.4, 0.5) is 5.69 Å². The summed E-state index contributed by atoms with van der Waals surface area (Å²) in [5, 5.41) is 3.06. The van der Waals surface area contributed by atoms with Crippen LogP contribution in [0.2, 0.25) is 15.1 Å². The second-order valence-electron chi connectivity index (χ2n) is 7.78. The summed E-state index contributed by atoms with van der Waals surface area (Å²) in [6.07, 6.45) is 2.20. The fourth-order valence-electron chi connectivity index (χ4n) is 3.26. The molecular formula is C23H28Cl3N3O4S. The molecule has 1 atom stereocenters. The number of carbonyl (C=O) groups excluding carboxylic acids is 2. The second kappa shape index (κ2) is 12.6. The molecule has 1 N–H and O–H groups in total. The highest BCUT2D eigenvalue weighted by atomic mass is 35.5. The highest BCUT2D eigenvalue weighted by Gasteiger charge is 2.30. The van der Waals surface area contributed by atoms with Gasteiger partial charge in [-0.1, -0.05) is 72.1 Å². The molecule has 2 rings (SSSR count). The molecule has 2 aromatic carbocycles. The average molecular weight is 549 g/mol. The van der Waals surface area contributed by atoms with E-state index in [0.717, 1.165) is 22.5 Å². The van der Waals surface area contributed by atoms with Crippen LogP contribution in [0.5, 0.6) is 0 Å². The van der Waals surface area contributed by atoms with Gasteiger partial charge in [0.15, 0.2) is 0 Å². The van der Waals surface area contributed by atoms with Crippen molar-refractivity contribution in [2.24, 2.45) is 0 Å². The number of amides is 2. The van der Waals surface area contributed by atoms with E-state index in [4.69, 9.17) is 34.8 Å². The van der Waals surface area contributed by atoms with Crippen molar-refractivity contribution in [1.29, 1.82) is 0 Å². The molecule has 0 aliphatic heterocycles. The van der Waals surface area contributed by atoms with Gasteiger partial charge >= 0.3 is 0 Å². The van der Waals surface area contributed by atoms with Crippen LogP contribution in [0.15, 0.2) is 42.5 Å². The molecule has 0 aliphatic rings. The van der Waals surface area contributed by atoms with Crippen molar-refractivity contribution in [1.82, 2.24) is 10.2 Å². The molecule has 0 radical (unpaired) electrons. The number of nitrogens with one attached hydrogen (secondary N) is 1. The van der Waals surface area contributed by atoms with Crippen molar-refractivity contribution in [2.45, 2.75) is 32.7 Å². The number of nitrogens with zero attached hydrogens (tertiary/aromatic N) is 2. The third-order valence-electron chi connectivity index (χ3n) is 5.14. The van der Waals surface area contributed by atoms with E-state index in [1.165, 1.54) is 17.0 Å². The molecule has 0 aliphatic carbocycles. The van der Waals surface area contributed by atoms with Crippen LogP contribution in [0.25, 0.3) is 0 Å². The molecule has 0 spiro atoms. The Kier molecular flexibility index (Phi) is 10.5. The number of anilines is 1. The number of hydrogen-bond donors (Lipinski definition) is 1. The van der Waals surface area contributed by atoms with Crippen LogP contribution in [0, 0.1) is 0 Å². The summed E-state index contributed by atoms with van der Waals surface area (Å²) in [7, 11) is -3.93. The fraction of sp³-hybridized carbons (Fsp3) is 0.391. The third-order valence-corrected chi connectivity index (χ3v) is 7.29. The Balaban J connectivity index is 2.36. The zero-order valence-electron chi connectivity index (χ0n) is 19.2. The van der Waals surface area contributed by atoms with E-state index in [2.05, 4.69) is 5.32 Å². The van der Waals surface area contributed by atoms with Crippen molar-refractivity contribution < 1.29 is 18.0 Å². The first-order chi connectivity index (χ1) is 16.0. The Labute approximate surface area is 216 Å². The van der Waals surface area contributed by atoms with Crippen LogP contribution in [0.3, 0.4) is 0 Å². The van der Waals surface area contributed by atoms with E-state index in [-0.39, 0.29) is 33.2 Å². The maximum absolute atomic E-state index is 13.4. The van der Waals surface area contributed by atoms with E-state index < -0.39 is 28.5 Å². The molecule has 0 bridgehead atoms. The normalized spacial score (nSPS) is 12.2.